The lowest BCUT2D eigenvalue weighted by atomic mass is 10.2. The molecule has 1 atom stereocenters. The van der Waals surface area contributed by atoms with Gasteiger partial charge in [-0.05, 0) is 27.2 Å². The number of hydrogen-bond acceptors (Lipinski definition) is 3. The first-order valence-electron chi connectivity index (χ1n) is 6.22. The van der Waals surface area contributed by atoms with Crippen molar-refractivity contribution in [2.75, 3.05) is 13.1 Å². The minimum atomic E-state index is -1.07. The van der Waals surface area contributed by atoms with Gasteiger partial charge in [0.15, 0.2) is 0 Å². The summed E-state index contributed by atoms with van der Waals surface area (Å²) in [5, 5.41) is 11.0. The first-order valence-corrected chi connectivity index (χ1v) is 6.22. The van der Waals surface area contributed by atoms with Crippen LogP contribution in [0.3, 0.4) is 0 Å². The van der Waals surface area contributed by atoms with Gasteiger partial charge in [0, 0.05) is 25.9 Å². The van der Waals surface area contributed by atoms with Gasteiger partial charge in [-0.15, -0.1) is 0 Å². The molecule has 2 N–H and O–H groups in total. The Morgan fingerprint density at radius 1 is 1.17 bits per heavy atom. The van der Waals surface area contributed by atoms with Gasteiger partial charge in [-0.25, -0.2) is 0 Å². The van der Waals surface area contributed by atoms with Gasteiger partial charge in [0.1, 0.15) is 6.04 Å². The van der Waals surface area contributed by atoms with E-state index in [1.807, 2.05) is 13.8 Å². The van der Waals surface area contributed by atoms with Crippen molar-refractivity contribution in [3.05, 3.63) is 0 Å². The summed E-state index contributed by atoms with van der Waals surface area (Å²) in [6.45, 7) is 6.54. The topological polar surface area (TPSA) is 86.7 Å². The zero-order chi connectivity index (χ0) is 14.1. The number of carboxylic acids is 1. The van der Waals surface area contributed by atoms with Crippen LogP contribution >= 0.6 is 0 Å². The molecule has 18 heavy (non-hydrogen) atoms. The first kappa shape index (κ1) is 16.4. The predicted octanol–water partition coefficient (Wildman–Crippen LogP) is 0.614. The van der Waals surface area contributed by atoms with E-state index in [0.717, 1.165) is 0 Å². The Morgan fingerprint density at radius 3 is 2.17 bits per heavy atom. The molecule has 0 aliphatic rings. The minimum absolute atomic E-state index is 0.0269. The molecule has 0 heterocycles. The Balaban J connectivity index is 3.87. The van der Waals surface area contributed by atoms with Crippen molar-refractivity contribution < 1.29 is 19.5 Å². The van der Waals surface area contributed by atoms with Crippen molar-refractivity contribution >= 4 is 17.8 Å². The minimum Gasteiger partial charge on any atom is -0.480 e. The van der Waals surface area contributed by atoms with Gasteiger partial charge in [-0.1, -0.05) is 0 Å². The van der Waals surface area contributed by atoms with Crippen molar-refractivity contribution in [3.8, 4) is 0 Å². The quantitative estimate of drug-likeness (QED) is 0.668. The third-order valence-electron chi connectivity index (χ3n) is 2.66. The molecule has 104 valence electrons. The van der Waals surface area contributed by atoms with E-state index in [0.29, 0.717) is 25.9 Å². The second-order valence-corrected chi connectivity index (χ2v) is 4.05. The molecule has 6 heteroatoms. The molecule has 0 rings (SSSR count). The summed E-state index contributed by atoms with van der Waals surface area (Å²) in [4.78, 5) is 35.2. The number of aliphatic carboxylic acids is 1. The molecular formula is C12H22N2O4. The molecule has 0 fully saturated rings. The number of nitrogens with zero attached hydrogens (tertiary/aromatic N) is 1. The van der Waals surface area contributed by atoms with E-state index in [4.69, 9.17) is 5.11 Å². The Bertz CT molecular complexity index is 300. The van der Waals surface area contributed by atoms with Crippen LogP contribution in [-0.4, -0.2) is 46.9 Å². The van der Waals surface area contributed by atoms with Crippen LogP contribution < -0.4 is 5.32 Å². The van der Waals surface area contributed by atoms with Crippen molar-refractivity contribution in [2.45, 2.75) is 46.1 Å². The lowest BCUT2D eigenvalue weighted by Crippen LogP contribution is -2.38. The molecule has 0 radical (unpaired) electrons. The number of carbonyl (C=O) groups is 3. The fourth-order valence-electron chi connectivity index (χ4n) is 1.51. The number of carboxylic acid groups (broad SMARTS) is 1. The monoisotopic (exact) mass is 258 g/mol. The van der Waals surface area contributed by atoms with Crippen LogP contribution in [0.5, 0.6) is 0 Å². The summed E-state index contributed by atoms with van der Waals surface area (Å²) in [6.07, 6.45) is 0.925. The number of nitrogens with one attached hydrogen (secondary N) is 1. The van der Waals surface area contributed by atoms with Gasteiger partial charge in [0.25, 0.3) is 0 Å². The maximum absolute atomic E-state index is 11.6. The molecule has 0 aliphatic carbocycles. The normalized spacial score (nSPS) is 11.7. The average molecular weight is 258 g/mol. The van der Waals surface area contributed by atoms with E-state index in [1.165, 1.54) is 6.92 Å². The molecule has 0 spiro atoms. The summed E-state index contributed by atoms with van der Waals surface area (Å²) in [5.74, 6) is -1.38. The Labute approximate surface area is 107 Å². The number of rotatable bonds is 8. The van der Waals surface area contributed by atoms with Crippen LogP contribution in [0.4, 0.5) is 0 Å². The zero-order valence-corrected chi connectivity index (χ0v) is 11.2. The second-order valence-electron chi connectivity index (χ2n) is 4.05. The summed E-state index contributed by atoms with van der Waals surface area (Å²) in [7, 11) is 0. The predicted molar refractivity (Wildman–Crippen MR) is 67.0 cm³/mol. The van der Waals surface area contributed by atoms with E-state index in [2.05, 4.69) is 5.32 Å². The largest absolute Gasteiger partial charge is 0.480 e. The second kappa shape index (κ2) is 8.49. The highest BCUT2D eigenvalue weighted by molar-refractivity contribution is 5.83. The number of carbonyl (C=O) groups excluding carboxylic acids is 2. The van der Waals surface area contributed by atoms with Gasteiger partial charge >= 0.3 is 5.97 Å². The highest BCUT2D eigenvalue weighted by atomic mass is 16.4. The van der Waals surface area contributed by atoms with Crippen molar-refractivity contribution in [1.29, 1.82) is 0 Å². The Morgan fingerprint density at radius 2 is 1.72 bits per heavy atom. The Kier molecular flexibility index (Phi) is 7.74. The van der Waals surface area contributed by atoms with E-state index in [1.54, 1.807) is 4.90 Å². The molecular weight excluding hydrogens is 236 g/mol. The van der Waals surface area contributed by atoms with Crippen LogP contribution in [0, 0.1) is 0 Å². The number of amides is 2. The van der Waals surface area contributed by atoms with Crippen LogP contribution in [0.1, 0.15) is 40.0 Å². The standard InChI is InChI=1S/C12H22N2O4/c1-4-14(5-2)11(16)8-6-7-10(15)13-9(3)12(17)18/h9H,4-8H2,1-3H3,(H,13,15)(H,17,18)/t9-/m0/s1. The average Bonchev–Trinajstić information content (AvgIpc) is 2.30. The lowest BCUT2D eigenvalue weighted by Gasteiger charge is -2.18. The first-order chi connectivity index (χ1) is 8.42. The molecule has 0 saturated carbocycles. The maximum Gasteiger partial charge on any atom is 0.325 e. The molecule has 0 aromatic rings. The van der Waals surface area contributed by atoms with Gasteiger partial charge in [-0.2, -0.15) is 0 Å². The highest BCUT2D eigenvalue weighted by Gasteiger charge is 2.14. The maximum atomic E-state index is 11.6. The summed E-state index contributed by atoms with van der Waals surface area (Å²) >= 11 is 0. The van der Waals surface area contributed by atoms with Gasteiger partial charge in [-0.3, -0.25) is 14.4 Å². The van der Waals surface area contributed by atoms with E-state index in [-0.39, 0.29) is 18.2 Å². The zero-order valence-electron chi connectivity index (χ0n) is 11.2. The molecule has 0 aromatic heterocycles. The van der Waals surface area contributed by atoms with Crippen LogP contribution in [0.15, 0.2) is 0 Å². The molecule has 0 unspecified atom stereocenters. The molecule has 0 saturated heterocycles. The van der Waals surface area contributed by atoms with Crippen molar-refractivity contribution in [1.82, 2.24) is 10.2 Å². The molecule has 6 nitrogen and oxygen atoms in total. The van der Waals surface area contributed by atoms with Crippen molar-refractivity contribution in [3.63, 3.8) is 0 Å². The molecule has 0 aromatic carbocycles. The van der Waals surface area contributed by atoms with Crippen LogP contribution in [-0.2, 0) is 14.4 Å². The number of hydrogen-bond donors (Lipinski definition) is 2. The van der Waals surface area contributed by atoms with Crippen LogP contribution in [0.2, 0.25) is 0 Å². The highest BCUT2D eigenvalue weighted by Crippen LogP contribution is 2.01. The van der Waals surface area contributed by atoms with Gasteiger partial charge in [0.05, 0.1) is 0 Å². The van der Waals surface area contributed by atoms with E-state index < -0.39 is 12.0 Å². The SMILES string of the molecule is CCN(CC)C(=O)CCCC(=O)N[C@@H](C)C(=O)O. The van der Waals surface area contributed by atoms with Crippen molar-refractivity contribution in [2.24, 2.45) is 0 Å². The third-order valence-corrected chi connectivity index (χ3v) is 2.66. The molecule has 0 aliphatic heterocycles. The lowest BCUT2D eigenvalue weighted by molar-refractivity contribution is -0.141. The molecule has 0 bridgehead atoms. The Hall–Kier alpha value is -1.59. The fourth-order valence-corrected chi connectivity index (χ4v) is 1.51. The van der Waals surface area contributed by atoms with E-state index >= 15 is 0 Å². The van der Waals surface area contributed by atoms with Gasteiger partial charge in [0.2, 0.25) is 11.8 Å². The smallest absolute Gasteiger partial charge is 0.325 e. The third kappa shape index (κ3) is 6.22. The summed E-state index contributed by atoms with van der Waals surface area (Å²) < 4.78 is 0. The van der Waals surface area contributed by atoms with Crippen LogP contribution in [0.25, 0.3) is 0 Å². The van der Waals surface area contributed by atoms with E-state index in [9.17, 15) is 14.4 Å². The summed E-state index contributed by atoms with van der Waals surface area (Å²) in [5.41, 5.74) is 0. The van der Waals surface area contributed by atoms with Gasteiger partial charge < -0.3 is 15.3 Å². The fraction of sp³-hybridized carbons (Fsp3) is 0.750. The molecule has 2 amide bonds. The summed E-state index contributed by atoms with van der Waals surface area (Å²) in [6, 6.07) is -0.893.